The van der Waals surface area contributed by atoms with Gasteiger partial charge >= 0.3 is 17.9 Å². The molecule has 0 aromatic rings. The van der Waals surface area contributed by atoms with Crippen molar-refractivity contribution >= 4 is 17.9 Å². The molecule has 31 heavy (non-hydrogen) atoms. The first-order valence-electron chi connectivity index (χ1n) is 10.7. The largest absolute Gasteiger partial charge is 0.459 e. The van der Waals surface area contributed by atoms with Gasteiger partial charge in [-0.25, -0.2) is 4.79 Å². The second kappa shape index (κ2) is 10.3. The zero-order valence-electron chi connectivity index (χ0n) is 19.1. The lowest BCUT2D eigenvalue weighted by Crippen LogP contribution is -2.46. The number of allylic oxidation sites excluding steroid dienone is 3. The summed E-state index contributed by atoms with van der Waals surface area (Å²) in [5, 5.41) is 11.2. The highest BCUT2D eigenvalue weighted by Gasteiger charge is 2.48. The fourth-order valence-corrected chi connectivity index (χ4v) is 4.16. The van der Waals surface area contributed by atoms with Crippen LogP contribution < -0.4 is 0 Å². The molecule has 1 aliphatic heterocycles. The number of carbonyl (C=O) groups is 3. The second-order valence-corrected chi connectivity index (χ2v) is 8.80. The van der Waals surface area contributed by atoms with Crippen molar-refractivity contribution in [1.82, 2.24) is 0 Å². The highest BCUT2D eigenvalue weighted by Crippen LogP contribution is 2.39. The lowest BCUT2D eigenvalue weighted by atomic mass is 9.80. The number of carbonyl (C=O) groups excluding carboxylic acids is 3. The van der Waals surface area contributed by atoms with Gasteiger partial charge in [-0.05, 0) is 58.4 Å². The molecule has 172 valence electrons. The molecule has 2 rings (SSSR count). The van der Waals surface area contributed by atoms with Crippen molar-refractivity contribution in [1.29, 1.82) is 0 Å². The third kappa shape index (κ3) is 6.53. The Hall–Kier alpha value is -2.41. The monoisotopic (exact) mass is 434 g/mol. The Morgan fingerprint density at radius 3 is 2.42 bits per heavy atom. The van der Waals surface area contributed by atoms with Crippen molar-refractivity contribution in [2.45, 2.75) is 90.6 Å². The lowest BCUT2D eigenvalue weighted by Gasteiger charge is -2.35. The van der Waals surface area contributed by atoms with E-state index in [0.29, 0.717) is 12.8 Å². The van der Waals surface area contributed by atoms with Crippen LogP contribution in [0.15, 0.2) is 35.5 Å². The van der Waals surface area contributed by atoms with Crippen LogP contribution in [0.25, 0.3) is 0 Å². The average molecular weight is 435 g/mol. The van der Waals surface area contributed by atoms with Crippen molar-refractivity contribution < 1.29 is 33.7 Å². The SMILES string of the molecule is C=C1C(=O)OC2C1CC(OC(C)=O)C(C)(O)CCC=C(C)CCC=C(C)C2OC(C)=O. The van der Waals surface area contributed by atoms with Gasteiger partial charge in [0.1, 0.15) is 6.10 Å². The maximum atomic E-state index is 12.4. The number of esters is 3. The van der Waals surface area contributed by atoms with Crippen molar-refractivity contribution in [3.05, 3.63) is 35.5 Å². The van der Waals surface area contributed by atoms with E-state index in [-0.39, 0.29) is 12.0 Å². The molecule has 2 aliphatic rings. The Kier molecular flexibility index (Phi) is 8.23. The Balaban J connectivity index is 2.51. The number of ether oxygens (including phenoxy) is 3. The van der Waals surface area contributed by atoms with Gasteiger partial charge in [-0.3, -0.25) is 9.59 Å². The summed E-state index contributed by atoms with van der Waals surface area (Å²) in [5.74, 6) is -2.19. The van der Waals surface area contributed by atoms with E-state index in [1.54, 1.807) is 6.92 Å². The maximum absolute atomic E-state index is 12.4. The van der Waals surface area contributed by atoms with Gasteiger partial charge < -0.3 is 19.3 Å². The van der Waals surface area contributed by atoms with Crippen LogP contribution in [0.1, 0.15) is 66.7 Å². The van der Waals surface area contributed by atoms with Crippen LogP contribution in [-0.2, 0) is 28.6 Å². The summed E-state index contributed by atoms with van der Waals surface area (Å²) >= 11 is 0. The number of hydrogen-bond acceptors (Lipinski definition) is 7. The molecule has 7 nitrogen and oxygen atoms in total. The summed E-state index contributed by atoms with van der Waals surface area (Å²) in [4.78, 5) is 36.0. The van der Waals surface area contributed by atoms with E-state index >= 15 is 0 Å². The first-order valence-corrected chi connectivity index (χ1v) is 10.7. The fraction of sp³-hybridized carbons (Fsp3) is 0.625. The van der Waals surface area contributed by atoms with Gasteiger partial charge in [-0.2, -0.15) is 0 Å². The molecule has 0 amide bonds. The molecule has 0 aromatic carbocycles. The van der Waals surface area contributed by atoms with E-state index < -0.39 is 47.7 Å². The standard InChI is InChI=1S/C24H34O7/c1-14-9-7-11-15(2)21(30-18(5)26)22-19(16(3)23(27)31-22)13-20(29-17(4)25)24(6,28)12-8-10-14/h10-11,19-22,28H,3,7-9,12-13H2,1-2,4-6H3. The number of aliphatic hydroxyl groups is 1. The van der Waals surface area contributed by atoms with Crippen LogP contribution in [-0.4, -0.2) is 46.9 Å². The van der Waals surface area contributed by atoms with Gasteiger partial charge in [0.25, 0.3) is 0 Å². The van der Waals surface area contributed by atoms with Crippen LogP contribution in [0.2, 0.25) is 0 Å². The Labute approximate surface area is 184 Å². The molecule has 0 radical (unpaired) electrons. The Morgan fingerprint density at radius 2 is 1.81 bits per heavy atom. The van der Waals surface area contributed by atoms with Crippen molar-refractivity contribution in [3.8, 4) is 0 Å². The fourth-order valence-electron chi connectivity index (χ4n) is 4.16. The van der Waals surface area contributed by atoms with Crippen LogP contribution >= 0.6 is 0 Å². The summed E-state index contributed by atoms with van der Waals surface area (Å²) in [7, 11) is 0. The summed E-state index contributed by atoms with van der Waals surface area (Å²) in [5.41, 5.74) is 0.827. The topological polar surface area (TPSA) is 99.1 Å². The van der Waals surface area contributed by atoms with Gasteiger partial charge in [-0.1, -0.05) is 24.3 Å². The van der Waals surface area contributed by atoms with E-state index in [9.17, 15) is 19.5 Å². The molecule has 1 aliphatic carbocycles. The third-order valence-corrected chi connectivity index (χ3v) is 6.01. The highest BCUT2D eigenvalue weighted by atomic mass is 16.6. The first-order chi connectivity index (χ1) is 14.4. The summed E-state index contributed by atoms with van der Waals surface area (Å²) < 4.78 is 16.6. The quantitative estimate of drug-likeness (QED) is 0.307. The molecular formula is C24H34O7. The van der Waals surface area contributed by atoms with Gasteiger partial charge in [0.05, 0.1) is 5.60 Å². The normalized spacial score (nSPS) is 32.7. The van der Waals surface area contributed by atoms with Crippen molar-refractivity contribution in [2.75, 3.05) is 0 Å². The van der Waals surface area contributed by atoms with Gasteiger partial charge in [-0.15, -0.1) is 0 Å². The van der Waals surface area contributed by atoms with Crippen molar-refractivity contribution in [2.24, 2.45) is 5.92 Å². The summed E-state index contributed by atoms with van der Waals surface area (Å²) in [6, 6.07) is 0. The lowest BCUT2D eigenvalue weighted by molar-refractivity contribution is -0.167. The summed E-state index contributed by atoms with van der Waals surface area (Å²) in [6.45, 7) is 11.9. The molecule has 0 bridgehead atoms. The van der Waals surface area contributed by atoms with Crippen LogP contribution in [0.5, 0.6) is 0 Å². The average Bonchev–Trinajstić information content (AvgIpc) is 2.92. The molecule has 0 aromatic heterocycles. The number of hydrogen-bond donors (Lipinski definition) is 1. The van der Waals surface area contributed by atoms with Gasteiger partial charge in [0.15, 0.2) is 12.2 Å². The highest BCUT2D eigenvalue weighted by molar-refractivity contribution is 5.91. The molecule has 7 heteroatoms. The molecular weight excluding hydrogens is 400 g/mol. The minimum Gasteiger partial charge on any atom is -0.459 e. The molecule has 0 saturated carbocycles. The number of fused-ring (bicyclic) bond motifs is 1. The minimum absolute atomic E-state index is 0.121. The van der Waals surface area contributed by atoms with Crippen LogP contribution in [0.3, 0.4) is 0 Å². The minimum atomic E-state index is -1.33. The maximum Gasteiger partial charge on any atom is 0.334 e. The second-order valence-electron chi connectivity index (χ2n) is 8.80. The Morgan fingerprint density at radius 1 is 1.16 bits per heavy atom. The molecule has 1 saturated heterocycles. The molecule has 0 spiro atoms. The van der Waals surface area contributed by atoms with E-state index in [1.807, 2.05) is 19.9 Å². The van der Waals surface area contributed by atoms with Crippen molar-refractivity contribution in [3.63, 3.8) is 0 Å². The number of rotatable bonds is 2. The predicted octanol–water partition coefficient (Wildman–Crippen LogP) is 3.56. The van der Waals surface area contributed by atoms with Crippen LogP contribution in [0.4, 0.5) is 0 Å². The third-order valence-electron chi connectivity index (χ3n) is 6.01. The zero-order valence-corrected chi connectivity index (χ0v) is 19.1. The first kappa shape index (κ1) is 24.9. The zero-order chi connectivity index (χ0) is 23.3. The predicted molar refractivity (Wildman–Crippen MR) is 115 cm³/mol. The Bertz CT molecular complexity index is 790. The van der Waals surface area contributed by atoms with E-state index in [2.05, 4.69) is 12.7 Å². The van der Waals surface area contributed by atoms with E-state index in [4.69, 9.17) is 14.2 Å². The molecule has 1 fully saturated rings. The van der Waals surface area contributed by atoms with Gasteiger partial charge in [0, 0.05) is 25.3 Å². The van der Waals surface area contributed by atoms with E-state index in [0.717, 1.165) is 18.4 Å². The molecule has 5 atom stereocenters. The molecule has 1 heterocycles. The van der Waals surface area contributed by atoms with E-state index in [1.165, 1.54) is 19.4 Å². The molecule has 1 N–H and O–H groups in total. The van der Waals surface area contributed by atoms with Gasteiger partial charge in [0.2, 0.25) is 0 Å². The smallest absolute Gasteiger partial charge is 0.334 e. The summed E-state index contributed by atoms with van der Waals surface area (Å²) in [6.07, 6.45) is 4.24. The molecule has 5 unspecified atom stereocenters. The van der Waals surface area contributed by atoms with Crippen LogP contribution in [0, 0.1) is 5.92 Å².